The van der Waals surface area contributed by atoms with Gasteiger partial charge in [-0.15, -0.1) is 11.3 Å². The molecule has 0 radical (unpaired) electrons. The van der Waals surface area contributed by atoms with Gasteiger partial charge in [0.25, 0.3) is 0 Å². The maximum absolute atomic E-state index is 2.35. The molecule has 0 aliphatic rings. The third kappa shape index (κ3) is 3.95. The summed E-state index contributed by atoms with van der Waals surface area (Å²) in [7, 11) is 0. The Hall–Kier alpha value is -0.300. The third-order valence-electron chi connectivity index (χ3n) is 2.52. The molecule has 74 valence electrons. The minimum Gasteiger partial charge on any atom is -0.149 e. The number of unbranched alkanes of at least 4 members (excludes halogenated alkanes) is 3. The maximum Gasteiger partial charge on any atom is 0.00734 e. The molecule has 1 aromatic rings. The van der Waals surface area contributed by atoms with Crippen LogP contribution in [0, 0.1) is 0 Å². The van der Waals surface area contributed by atoms with Crippen LogP contribution >= 0.6 is 11.3 Å². The van der Waals surface area contributed by atoms with Gasteiger partial charge in [-0.2, -0.15) is 0 Å². The van der Waals surface area contributed by atoms with Crippen molar-refractivity contribution >= 4 is 11.3 Å². The fourth-order valence-corrected chi connectivity index (χ4v) is 2.41. The van der Waals surface area contributed by atoms with Crippen molar-refractivity contribution < 1.29 is 0 Å². The Labute approximate surface area is 86.0 Å². The number of hydrogen-bond donors (Lipinski definition) is 0. The van der Waals surface area contributed by atoms with E-state index < -0.39 is 0 Å². The summed E-state index contributed by atoms with van der Waals surface area (Å²) in [6.07, 6.45) is 6.91. The molecule has 0 saturated carbocycles. The highest BCUT2D eigenvalue weighted by Crippen LogP contribution is 2.25. The first-order valence-corrected chi connectivity index (χ1v) is 6.26. The molecular formula is C12H20S. The zero-order chi connectivity index (χ0) is 9.52. The van der Waals surface area contributed by atoms with Crippen LogP contribution in [0.1, 0.15) is 56.7 Å². The lowest BCUT2D eigenvalue weighted by Crippen LogP contribution is -1.89. The summed E-state index contributed by atoms with van der Waals surface area (Å²) in [5.74, 6) is 0.775. The highest BCUT2D eigenvalue weighted by molar-refractivity contribution is 7.10. The second kappa shape index (κ2) is 6.20. The SMILES string of the molecule is CCCCCCC(C)c1cccs1. The zero-order valence-corrected chi connectivity index (χ0v) is 9.57. The van der Waals surface area contributed by atoms with Crippen LogP contribution in [0.2, 0.25) is 0 Å². The molecule has 1 unspecified atom stereocenters. The molecule has 0 N–H and O–H groups in total. The highest BCUT2D eigenvalue weighted by Gasteiger charge is 2.04. The Kier molecular flexibility index (Phi) is 5.14. The minimum atomic E-state index is 0.775. The predicted molar refractivity (Wildman–Crippen MR) is 61.5 cm³/mol. The zero-order valence-electron chi connectivity index (χ0n) is 8.75. The van der Waals surface area contributed by atoms with Gasteiger partial charge in [0.05, 0.1) is 0 Å². The van der Waals surface area contributed by atoms with Crippen molar-refractivity contribution in [3.63, 3.8) is 0 Å². The molecule has 0 aliphatic carbocycles. The van der Waals surface area contributed by atoms with E-state index >= 15 is 0 Å². The van der Waals surface area contributed by atoms with Crippen LogP contribution in [0.15, 0.2) is 17.5 Å². The molecule has 1 heteroatoms. The van der Waals surface area contributed by atoms with Gasteiger partial charge >= 0.3 is 0 Å². The molecular weight excluding hydrogens is 176 g/mol. The smallest absolute Gasteiger partial charge is 0.00734 e. The van der Waals surface area contributed by atoms with Crippen LogP contribution in [0.5, 0.6) is 0 Å². The molecule has 0 aliphatic heterocycles. The van der Waals surface area contributed by atoms with Crippen LogP contribution in [0.3, 0.4) is 0 Å². The molecule has 0 fully saturated rings. The molecule has 0 nitrogen and oxygen atoms in total. The van der Waals surface area contributed by atoms with Gasteiger partial charge in [-0.05, 0) is 23.8 Å². The first-order valence-electron chi connectivity index (χ1n) is 5.38. The Morgan fingerprint density at radius 1 is 1.31 bits per heavy atom. The normalized spacial score (nSPS) is 13.1. The van der Waals surface area contributed by atoms with Crippen molar-refractivity contribution in [2.75, 3.05) is 0 Å². The lowest BCUT2D eigenvalue weighted by molar-refractivity contribution is 0.584. The van der Waals surface area contributed by atoms with Crippen molar-refractivity contribution in [3.8, 4) is 0 Å². The second-order valence-corrected chi connectivity index (χ2v) is 4.75. The van der Waals surface area contributed by atoms with E-state index in [9.17, 15) is 0 Å². The Morgan fingerprint density at radius 3 is 2.77 bits per heavy atom. The summed E-state index contributed by atoms with van der Waals surface area (Å²) in [5, 5.41) is 2.18. The minimum absolute atomic E-state index is 0.775. The fourth-order valence-electron chi connectivity index (χ4n) is 1.59. The van der Waals surface area contributed by atoms with E-state index in [4.69, 9.17) is 0 Å². The van der Waals surface area contributed by atoms with Crippen LogP contribution in [-0.4, -0.2) is 0 Å². The summed E-state index contributed by atoms with van der Waals surface area (Å²) in [6.45, 7) is 4.61. The van der Waals surface area contributed by atoms with E-state index in [0.717, 1.165) is 5.92 Å². The van der Waals surface area contributed by atoms with Crippen molar-refractivity contribution in [3.05, 3.63) is 22.4 Å². The first kappa shape index (κ1) is 10.8. The second-order valence-electron chi connectivity index (χ2n) is 3.77. The van der Waals surface area contributed by atoms with Crippen LogP contribution in [0.25, 0.3) is 0 Å². The molecule has 0 aromatic carbocycles. The monoisotopic (exact) mass is 196 g/mol. The summed E-state index contributed by atoms with van der Waals surface area (Å²) in [5.41, 5.74) is 0. The predicted octanol–water partition coefficient (Wildman–Crippen LogP) is 4.82. The fraction of sp³-hybridized carbons (Fsp3) is 0.667. The highest BCUT2D eigenvalue weighted by atomic mass is 32.1. The van der Waals surface area contributed by atoms with Crippen LogP contribution < -0.4 is 0 Å². The third-order valence-corrected chi connectivity index (χ3v) is 3.62. The van der Waals surface area contributed by atoms with Gasteiger partial charge in [0.1, 0.15) is 0 Å². The Bertz CT molecular complexity index is 201. The molecule has 0 bridgehead atoms. The number of thiophene rings is 1. The quantitative estimate of drug-likeness (QED) is 0.572. The van der Waals surface area contributed by atoms with Gasteiger partial charge in [-0.3, -0.25) is 0 Å². The topological polar surface area (TPSA) is 0 Å². The molecule has 1 rings (SSSR count). The maximum atomic E-state index is 2.35. The molecule has 0 spiro atoms. The van der Waals surface area contributed by atoms with Crippen LogP contribution in [0.4, 0.5) is 0 Å². The van der Waals surface area contributed by atoms with E-state index in [-0.39, 0.29) is 0 Å². The Balaban J connectivity index is 2.15. The Morgan fingerprint density at radius 2 is 2.15 bits per heavy atom. The summed E-state index contributed by atoms with van der Waals surface area (Å²) >= 11 is 1.89. The van der Waals surface area contributed by atoms with E-state index in [0.29, 0.717) is 0 Å². The van der Waals surface area contributed by atoms with E-state index in [1.54, 1.807) is 4.88 Å². The van der Waals surface area contributed by atoms with Gasteiger partial charge in [0.15, 0.2) is 0 Å². The molecule has 13 heavy (non-hydrogen) atoms. The average molecular weight is 196 g/mol. The summed E-state index contributed by atoms with van der Waals surface area (Å²) < 4.78 is 0. The van der Waals surface area contributed by atoms with Crippen molar-refractivity contribution in [1.82, 2.24) is 0 Å². The van der Waals surface area contributed by atoms with Crippen molar-refractivity contribution in [2.24, 2.45) is 0 Å². The lowest BCUT2D eigenvalue weighted by Gasteiger charge is -2.08. The average Bonchev–Trinajstić information content (AvgIpc) is 2.65. The molecule has 0 saturated heterocycles. The molecule has 1 heterocycles. The standard InChI is InChI=1S/C12H20S/c1-3-4-5-6-8-11(2)12-9-7-10-13-12/h7,9-11H,3-6,8H2,1-2H3. The largest absolute Gasteiger partial charge is 0.149 e. The van der Waals surface area contributed by atoms with Gasteiger partial charge in [-0.25, -0.2) is 0 Å². The molecule has 1 atom stereocenters. The van der Waals surface area contributed by atoms with Crippen molar-refractivity contribution in [1.29, 1.82) is 0 Å². The lowest BCUT2D eigenvalue weighted by atomic mass is 10.0. The molecule has 0 amide bonds. The van der Waals surface area contributed by atoms with Gasteiger partial charge in [0, 0.05) is 4.88 Å². The van der Waals surface area contributed by atoms with Gasteiger partial charge < -0.3 is 0 Å². The van der Waals surface area contributed by atoms with E-state index in [1.807, 2.05) is 11.3 Å². The van der Waals surface area contributed by atoms with Crippen LogP contribution in [-0.2, 0) is 0 Å². The number of rotatable bonds is 6. The van der Waals surface area contributed by atoms with E-state index in [2.05, 4.69) is 31.4 Å². The van der Waals surface area contributed by atoms with Gasteiger partial charge in [-0.1, -0.05) is 45.6 Å². The summed E-state index contributed by atoms with van der Waals surface area (Å²) in [4.78, 5) is 1.55. The summed E-state index contributed by atoms with van der Waals surface area (Å²) in [6, 6.07) is 4.41. The van der Waals surface area contributed by atoms with Crippen molar-refractivity contribution in [2.45, 2.75) is 51.9 Å². The van der Waals surface area contributed by atoms with Gasteiger partial charge in [0.2, 0.25) is 0 Å². The number of hydrogen-bond acceptors (Lipinski definition) is 1. The van der Waals surface area contributed by atoms with E-state index in [1.165, 1.54) is 32.1 Å². The first-order chi connectivity index (χ1) is 6.34. The molecule has 1 aromatic heterocycles.